The molecule has 0 aliphatic carbocycles. The molecule has 0 saturated heterocycles. The lowest BCUT2D eigenvalue weighted by Crippen LogP contribution is -2.23. The van der Waals surface area contributed by atoms with Crippen molar-refractivity contribution in [1.29, 1.82) is 0 Å². The van der Waals surface area contributed by atoms with Crippen molar-refractivity contribution < 1.29 is 9.47 Å². The molecule has 0 atom stereocenters. The number of nitrogens with zero attached hydrogens (tertiary/aromatic N) is 4. The Kier molecular flexibility index (Phi) is 5.47. The van der Waals surface area contributed by atoms with Crippen LogP contribution in [0.5, 0.6) is 11.5 Å². The van der Waals surface area contributed by atoms with Gasteiger partial charge in [-0.05, 0) is 38.5 Å². The molecule has 7 heteroatoms. The second kappa shape index (κ2) is 7.80. The third-order valence-corrected chi connectivity index (χ3v) is 5.60. The summed E-state index contributed by atoms with van der Waals surface area (Å²) in [7, 11) is 3.24. The van der Waals surface area contributed by atoms with Gasteiger partial charge in [-0.25, -0.2) is 14.8 Å². The molecule has 1 aromatic carbocycles. The number of anilines is 1. The lowest BCUT2D eigenvalue weighted by atomic mass is 10.1. The van der Waals surface area contributed by atoms with E-state index in [0.29, 0.717) is 22.3 Å². The molecule has 3 aromatic rings. The molecule has 0 N–H and O–H groups in total. The second-order valence-corrected chi connectivity index (χ2v) is 6.95. The van der Waals surface area contributed by atoms with E-state index in [-0.39, 0.29) is 0 Å². The SMILES string of the molecule is [C-]#[N+]c1sc2nc(-c3cc(OC)cc(OC)c3)nc(N(CC)CC)c2c1C. The van der Waals surface area contributed by atoms with Gasteiger partial charge in [0.1, 0.15) is 22.1 Å². The number of aromatic nitrogens is 2. The Morgan fingerprint density at radius 3 is 2.22 bits per heavy atom. The number of rotatable bonds is 6. The zero-order valence-corrected chi connectivity index (χ0v) is 17.0. The van der Waals surface area contributed by atoms with Crippen molar-refractivity contribution in [2.75, 3.05) is 32.2 Å². The van der Waals surface area contributed by atoms with Gasteiger partial charge in [0.05, 0.1) is 20.8 Å². The number of aryl methyl sites for hydroxylation is 1. The van der Waals surface area contributed by atoms with Gasteiger partial charge in [0, 0.05) is 30.1 Å². The predicted molar refractivity (Wildman–Crippen MR) is 111 cm³/mol. The molecule has 0 spiro atoms. The van der Waals surface area contributed by atoms with E-state index in [1.165, 1.54) is 11.3 Å². The Labute approximate surface area is 163 Å². The first-order valence-electron chi connectivity index (χ1n) is 8.73. The summed E-state index contributed by atoms with van der Waals surface area (Å²) < 4.78 is 10.8. The summed E-state index contributed by atoms with van der Waals surface area (Å²) in [5.41, 5.74) is 1.76. The second-order valence-electron chi connectivity index (χ2n) is 5.97. The van der Waals surface area contributed by atoms with Gasteiger partial charge in [-0.1, -0.05) is 0 Å². The average molecular weight is 382 g/mol. The smallest absolute Gasteiger partial charge is 0.246 e. The van der Waals surface area contributed by atoms with Crippen LogP contribution in [0.4, 0.5) is 10.8 Å². The van der Waals surface area contributed by atoms with Crippen LogP contribution in [0.2, 0.25) is 0 Å². The molecule has 3 rings (SSSR count). The highest BCUT2D eigenvalue weighted by Crippen LogP contribution is 2.41. The lowest BCUT2D eigenvalue weighted by molar-refractivity contribution is 0.394. The van der Waals surface area contributed by atoms with E-state index in [9.17, 15) is 0 Å². The number of hydrogen-bond acceptors (Lipinski definition) is 6. The van der Waals surface area contributed by atoms with Crippen LogP contribution in [0, 0.1) is 13.5 Å². The van der Waals surface area contributed by atoms with Crippen LogP contribution >= 0.6 is 11.3 Å². The topological polar surface area (TPSA) is 51.8 Å². The first kappa shape index (κ1) is 18.9. The predicted octanol–water partition coefficient (Wildman–Crippen LogP) is 5.08. The first-order valence-corrected chi connectivity index (χ1v) is 9.54. The number of fused-ring (bicyclic) bond motifs is 1. The van der Waals surface area contributed by atoms with E-state index in [1.54, 1.807) is 14.2 Å². The third kappa shape index (κ3) is 3.40. The van der Waals surface area contributed by atoms with Gasteiger partial charge in [-0.3, -0.25) is 0 Å². The quantitative estimate of drug-likeness (QED) is 0.557. The average Bonchev–Trinajstić information content (AvgIpc) is 3.04. The largest absolute Gasteiger partial charge is 0.497 e. The van der Waals surface area contributed by atoms with Gasteiger partial charge in [0.2, 0.25) is 5.00 Å². The molecule has 6 nitrogen and oxygen atoms in total. The molecule has 0 aliphatic heterocycles. The van der Waals surface area contributed by atoms with Crippen molar-refractivity contribution in [1.82, 2.24) is 9.97 Å². The fourth-order valence-corrected chi connectivity index (χ4v) is 3.99. The molecule has 0 radical (unpaired) electrons. The zero-order valence-electron chi connectivity index (χ0n) is 16.2. The highest BCUT2D eigenvalue weighted by atomic mass is 32.1. The minimum absolute atomic E-state index is 0.597. The Balaban J connectivity index is 2.31. The lowest BCUT2D eigenvalue weighted by Gasteiger charge is -2.22. The summed E-state index contributed by atoms with van der Waals surface area (Å²) in [5.74, 6) is 2.83. The van der Waals surface area contributed by atoms with E-state index in [2.05, 4.69) is 23.6 Å². The third-order valence-electron chi connectivity index (χ3n) is 4.52. The van der Waals surface area contributed by atoms with Gasteiger partial charge in [0.25, 0.3) is 0 Å². The van der Waals surface area contributed by atoms with Crippen molar-refractivity contribution >= 4 is 32.4 Å². The van der Waals surface area contributed by atoms with Crippen molar-refractivity contribution in [3.63, 3.8) is 0 Å². The Hall–Kier alpha value is -2.85. The Morgan fingerprint density at radius 2 is 1.70 bits per heavy atom. The molecule has 0 saturated carbocycles. The molecule has 0 unspecified atom stereocenters. The minimum Gasteiger partial charge on any atom is -0.497 e. The number of hydrogen-bond donors (Lipinski definition) is 0. The van der Waals surface area contributed by atoms with E-state index in [4.69, 9.17) is 26.0 Å². The molecular weight excluding hydrogens is 360 g/mol. The molecule has 0 bridgehead atoms. The van der Waals surface area contributed by atoms with Crippen LogP contribution in [-0.4, -0.2) is 37.3 Å². The molecule has 2 aromatic heterocycles. The van der Waals surface area contributed by atoms with E-state index < -0.39 is 0 Å². The van der Waals surface area contributed by atoms with Crippen molar-refractivity contribution in [2.24, 2.45) is 0 Å². The van der Waals surface area contributed by atoms with Crippen molar-refractivity contribution in [2.45, 2.75) is 20.8 Å². The zero-order chi connectivity index (χ0) is 19.6. The van der Waals surface area contributed by atoms with Crippen LogP contribution in [0.3, 0.4) is 0 Å². The van der Waals surface area contributed by atoms with Crippen LogP contribution in [0.15, 0.2) is 18.2 Å². The van der Waals surface area contributed by atoms with Crippen molar-refractivity contribution in [3.05, 3.63) is 35.2 Å². The summed E-state index contributed by atoms with van der Waals surface area (Å²) >= 11 is 1.41. The number of ether oxygens (including phenoxy) is 2. The van der Waals surface area contributed by atoms with Crippen LogP contribution in [0.1, 0.15) is 19.4 Å². The van der Waals surface area contributed by atoms with Crippen LogP contribution in [-0.2, 0) is 0 Å². The van der Waals surface area contributed by atoms with Crippen LogP contribution in [0.25, 0.3) is 26.4 Å². The summed E-state index contributed by atoms with van der Waals surface area (Å²) in [6.45, 7) is 15.3. The van der Waals surface area contributed by atoms with Crippen LogP contribution < -0.4 is 14.4 Å². The maximum absolute atomic E-state index is 7.45. The maximum Gasteiger partial charge on any atom is 0.246 e. The highest BCUT2D eigenvalue weighted by Gasteiger charge is 2.20. The van der Waals surface area contributed by atoms with Gasteiger partial charge < -0.3 is 14.4 Å². The number of benzene rings is 1. The van der Waals surface area contributed by atoms with E-state index in [1.807, 2.05) is 25.1 Å². The van der Waals surface area contributed by atoms with Gasteiger partial charge in [-0.15, -0.1) is 11.3 Å². The summed E-state index contributed by atoms with van der Waals surface area (Å²) in [6, 6.07) is 5.61. The van der Waals surface area contributed by atoms with Gasteiger partial charge in [0.15, 0.2) is 5.82 Å². The summed E-state index contributed by atoms with van der Waals surface area (Å²) in [5, 5.41) is 1.63. The molecule has 0 amide bonds. The fraction of sp³-hybridized carbons (Fsp3) is 0.350. The fourth-order valence-electron chi connectivity index (χ4n) is 3.03. The van der Waals surface area contributed by atoms with Gasteiger partial charge >= 0.3 is 0 Å². The number of thiophene rings is 1. The molecular formula is C20H22N4O2S. The molecule has 0 fully saturated rings. The Bertz CT molecular complexity index is 997. The van der Waals surface area contributed by atoms with Gasteiger partial charge in [-0.2, -0.15) is 0 Å². The Morgan fingerprint density at radius 1 is 1.07 bits per heavy atom. The molecule has 140 valence electrons. The standard InChI is InChI=1S/C20H22N4O2S/c1-7-24(8-2)18-16-12(3)19(21-4)27-20(16)23-17(22-18)13-9-14(25-5)11-15(10-13)26-6/h9-11H,7-8H2,1-3,5-6H3. The monoisotopic (exact) mass is 382 g/mol. The summed E-state index contributed by atoms with van der Waals surface area (Å²) in [6.07, 6.45) is 0. The minimum atomic E-state index is 0.597. The van der Waals surface area contributed by atoms with Crippen molar-refractivity contribution in [3.8, 4) is 22.9 Å². The molecule has 0 aliphatic rings. The first-order chi connectivity index (χ1) is 13.1. The molecule has 2 heterocycles. The molecule has 27 heavy (non-hydrogen) atoms. The maximum atomic E-state index is 7.45. The number of methoxy groups -OCH3 is 2. The van der Waals surface area contributed by atoms with E-state index in [0.717, 1.165) is 40.3 Å². The highest BCUT2D eigenvalue weighted by molar-refractivity contribution is 7.22. The normalized spacial score (nSPS) is 10.7. The van der Waals surface area contributed by atoms with E-state index >= 15 is 0 Å². The summed E-state index contributed by atoms with van der Waals surface area (Å²) in [4.78, 5) is 16.3.